The van der Waals surface area contributed by atoms with Gasteiger partial charge in [-0.2, -0.15) is 0 Å². The number of carbonyl (C=O) groups is 3. The molecule has 1 fully saturated rings. The molecule has 216 valence electrons. The number of aromatic amines is 2. The van der Waals surface area contributed by atoms with Gasteiger partial charge in [-0.3, -0.25) is 24.0 Å². The van der Waals surface area contributed by atoms with Crippen molar-refractivity contribution in [3.63, 3.8) is 0 Å². The van der Waals surface area contributed by atoms with Crippen LogP contribution in [-0.2, 0) is 4.79 Å². The zero-order valence-electron chi connectivity index (χ0n) is 22.7. The minimum Gasteiger partial charge on any atom is -0.340 e. The predicted molar refractivity (Wildman–Crippen MR) is 159 cm³/mol. The first kappa shape index (κ1) is 28.5. The van der Waals surface area contributed by atoms with E-state index in [0.29, 0.717) is 47.4 Å². The number of carbonyl (C=O) groups excluding carboxylic acids is 3. The number of benzene rings is 3. The number of hydrogen-bond acceptors (Lipinski definition) is 7. The monoisotopic (exact) mass is 569 g/mol. The van der Waals surface area contributed by atoms with Crippen LogP contribution in [0, 0.1) is 0 Å². The van der Waals surface area contributed by atoms with E-state index in [1.807, 2.05) is 6.07 Å². The second-order valence-corrected chi connectivity index (χ2v) is 9.96. The maximum atomic E-state index is 13.0. The van der Waals surface area contributed by atoms with Crippen LogP contribution in [0.25, 0.3) is 22.2 Å². The second kappa shape index (κ2) is 12.6. The maximum Gasteiger partial charge on any atom is 0.314 e. The molecule has 5 rings (SSSR count). The van der Waals surface area contributed by atoms with Gasteiger partial charge in [-0.15, -0.1) is 0 Å². The van der Waals surface area contributed by atoms with Crippen LogP contribution >= 0.6 is 0 Å². The highest BCUT2D eigenvalue weighted by molar-refractivity contribution is 6.06. The summed E-state index contributed by atoms with van der Waals surface area (Å²) in [5.41, 5.74) is 7.81. The van der Waals surface area contributed by atoms with Gasteiger partial charge in [0.2, 0.25) is 5.91 Å². The summed E-state index contributed by atoms with van der Waals surface area (Å²) in [6, 6.07) is 18.1. The number of H-pyrrole nitrogens is 2. The fraction of sp³-hybridized carbons (Fsp3) is 0.233. The van der Waals surface area contributed by atoms with E-state index in [1.165, 1.54) is 6.07 Å². The molecule has 1 atom stereocenters. The van der Waals surface area contributed by atoms with Gasteiger partial charge in [-0.05, 0) is 66.6 Å². The quantitative estimate of drug-likeness (QED) is 0.171. The Kier molecular flexibility index (Phi) is 8.55. The van der Waals surface area contributed by atoms with Crippen LogP contribution in [-0.4, -0.2) is 71.4 Å². The van der Waals surface area contributed by atoms with Gasteiger partial charge in [0.15, 0.2) is 0 Å². The molecule has 0 spiro atoms. The third kappa shape index (κ3) is 6.45. The van der Waals surface area contributed by atoms with E-state index < -0.39 is 23.1 Å². The molecule has 0 saturated carbocycles. The van der Waals surface area contributed by atoms with E-state index in [-0.39, 0.29) is 18.4 Å². The first-order valence-electron chi connectivity index (χ1n) is 13.6. The normalized spacial score (nSPS) is 13.9. The highest BCUT2D eigenvalue weighted by atomic mass is 16.2. The summed E-state index contributed by atoms with van der Waals surface area (Å²) in [5.74, 6) is -0.876. The number of fused-ring (bicyclic) bond motifs is 1. The lowest BCUT2D eigenvalue weighted by Gasteiger charge is -2.31. The summed E-state index contributed by atoms with van der Waals surface area (Å²) < 4.78 is 0. The number of anilines is 1. The standard InChI is InChI=1S/C30H31N7O5/c31-11-10-24(30(42)37-14-12-32-13-15-37)35-26(38)19-6-4-18(5-7-19)20-2-1-3-22(16-20)33-27(39)21-8-9-23-25(17-21)36-29(41)28(40)34-23/h1-9,16-17,24,32H,10-15,31H2,(H,33,39)(H,34,40)(H,35,38)(H,36,41)/t24-/m1/s1. The van der Waals surface area contributed by atoms with Crippen molar-refractivity contribution in [2.45, 2.75) is 12.5 Å². The topological polar surface area (TPSA) is 182 Å². The number of aromatic nitrogens is 2. The average Bonchev–Trinajstić information content (AvgIpc) is 3.01. The van der Waals surface area contributed by atoms with Gasteiger partial charge < -0.3 is 36.6 Å². The molecule has 3 amide bonds. The Morgan fingerprint density at radius 1 is 0.810 bits per heavy atom. The molecule has 0 unspecified atom stereocenters. The minimum absolute atomic E-state index is 0.127. The third-order valence-electron chi connectivity index (χ3n) is 7.07. The summed E-state index contributed by atoms with van der Waals surface area (Å²) in [6.45, 7) is 2.89. The van der Waals surface area contributed by atoms with Gasteiger partial charge in [0, 0.05) is 43.0 Å². The Morgan fingerprint density at radius 2 is 1.50 bits per heavy atom. The SMILES string of the molecule is NCC[C@@H](NC(=O)c1ccc(-c2cccc(NC(=O)c3ccc4[nH]c(=O)c(=O)[nH]c4c3)c2)cc1)C(=O)N1CCNCC1. The number of rotatable bonds is 8. The van der Waals surface area contributed by atoms with Gasteiger partial charge in [0.1, 0.15) is 6.04 Å². The Hall–Kier alpha value is -5.07. The van der Waals surface area contributed by atoms with Crippen molar-refractivity contribution < 1.29 is 14.4 Å². The minimum atomic E-state index is -0.796. The summed E-state index contributed by atoms with van der Waals surface area (Å²) in [6.07, 6.45) is 0.349. The van der Waals surface area contributed by atoms with E-state index >= 15 is 0 Å². The smallest absolute Gasteiger partial charge is 0.314 e. The molecule has 4 aromatic rings. The molecule has 3 aromatic carbocycles. The molecule has 0 aliphatic carbocycles. The molecule has 2 heterocycles. The number of hydrogen-bond donors (Lipinski definition) is 6. The van der Waals surface area contributed by atoms with Crippen molar-refractivity contribution >= 4 is 34.4 Å². The number of nitrogens with one attached hydrogen (secondary N) is 5. The number of nitrogens with two attached hydrogens (primary N) is 1. The Morgan fingerprint density at radius 3 is 2.21 bits per heavy atom. The molecule has 0 radical (unpaired) electrons. The van der Waals surface area contributed by atoms with Crippen LogP contribution in [0.3, 0.4) is 0 Å². The van der Waals surface area contributed by atoms with Crippen molar-refractivity contribution in [3.8, 4) is 11.1 Å². The first-order valence-corrected chi connectivity index (χ1v) is 13.6. The Balaban J connectivity index is 1.26. The molecule has 1 aliphatic rings. The number of piperazine rings is 1. The van der Waals surface area contributed by atoms with Crippen LogP contribution in [0.2, 0.25) is 0 Å². The highest BCUT2D eigenvalue weighted by Gasteiger charge is 2.26. The largest absolute Gasteiger partial charge is 0.340 e. The molecule has 12 heteroatoms. The van der Waals surface area contributed by atoms with Gasteiger partial charge in [-0.25, -0.2) is 0 Å². The number of amides is 3. The first-order chi connectivity index (χ1) is 20.3. The van der Waals surface area contributed by atoms with Crippen molar-refractivity contribution in [1.82, 2.24) is 25.5 Å². The zero-order chi connectivity index (χ0) is 29.6. The van der Waals surface area contributed by atoms with Crippen molar-refractivity contribution in [2.75, 3.05) is 38.0 Å². The van der Waals surface area contributed by atoms with Crippen LogP contribution < -0.4 is 32.8 Å². The van der Waals surface area contributed by atoms with Crippen LogP contribution in [0.5, 0.6) is 0 Å². The second-order valence-electron chi connectivity index (χ2n) is 9.96. The van der Waals surface area contributed by atoms with E-state index in [2.05, 4.69) is 25.9 Å². The van der Waals surface area contributed by atoms with Gasteiger partial charge in [-0.1, -0.05) is 24.3 Å². The summed E-state index contributed by atoms with van der Waals surface area (Å²) in [7, 11) is 0. The Bertz CT molecular complexity index is 1740. The third-order valence-corrected chi connectivity index (χ3v) is 7.07. The summed E-state index contributed by atoms with van der Waals surface area (Å²) >= 11 is 0. The van der Waals surface area contributed by atoms with Crippen molar-refractivity contribution in [2.24, 2.45) is 5.73 Å². The molecule has 42 heavy (non-hydrogen) atoms. The maximum absolute atomic E-state index is 13.0. The summed E-state index contributed by atoms with van der Waals surface area (Å²) in [4.78, 5) is 68.7. The van der Waals surface area contributed by atoms with E-state index in [0.717, 1.165) is 24.2 Å². The van der Waals surface area contributed by atoms with Gasteiger partial charge in [0.25, 0.3) is 11.8 Å². The van der Waals surface area contributed by atoms with Gasteiger partial charge in [0.05, 0.1) is 11.0 Å². The lowest BCUT2D eigenvalue weighted by Crippen LogP contribution is -2.54. The fourth-order valence-corrected chi connectivity index (χ4v) is 4.82. The lowest BCUT2D eigenvalue weighted by molar-refractivity contribution is -0.133. The highest BCUT2D eigenvalue weighted by Crippen LogP contribution is 2.24. The van der Waals surface area contributed by atoms with E-state index in [4.69, 9.17) is 5.73 Å². The molecular weight excluding hydrogens is 538 g/mol. The number of nitrogens with zero attached hydrogens (tertiary/aromatic N) is 1. The molecule has 1 aromatic heterocycles. The van der Waals surface area contributed by atoms with Crippen LogP contribution in [0.1, 0.15) is 27.1 Å². The van der Waals surface area contributed by atoms with Crippen LogP contribution in [0.15, 0.2) is 76.3 Å². The summed E-state index contributed by atoms with van der Waals surface area (Å²) in [5, 5.41) is 8.89. The molecule has 7 N–H and O–H groups in total. The van der Waals surface area contributed by atoms with Crippen LogP contribution in [0.4, 0.5) is 5.69 Å². The molecule has 12 nitrogen and oxygen atoms in total. The lowest BCUT2D eigenvalue weighted by atomic mass is 10.0. The zero-order valence-corrected chi connectivity index (χ0v) is 22.7. The molecular formula is C30H31N7O5. The van der Waals surface area contributed by atoms with Crippen molar-refractivity contribution in [3.05, 3.63) is 98.6 Å². The average molecular weight is 570 g/mol. The molecule has 1 saturated heterocycles. The predicted octanol–water partition coefficient (Wildman–Crippen LogP) is 1.01. The fourth-order valence-electron chi connectivity index (χ4n) is 4.82. The Labute approximate surface area is 240 Å². The van der Waals surface area contributed by atoms with Crippen molar-refractivity contribution in [1.29, 1.82) is 0 Å². The van der Waals surface area contributed by atoms with E-state index in [9.17, 15) is 24.0 Å². The molecule has 0 bridgehead atoms. The van der Waals surface area contributed by atoms with Gasteiger partial charge >= 0.3 is 11.1 Å². The molecule has 1 aliphatic heterocycles. The van der Waals surface area contributed by atoms with E-state index in [1.54, 1.807) is 59.5 Å².